The number of sulfonamides is 2. The first-order valence-corrected chi connectivity index (χ1v) is 12.8. The quantitative estimate of drug-likeness (QED) is 0.467. The molecule has 3 rings (SSSR count). The van der Waals surface area contributed by atoms with Crippen molar-refractivity contribution in [1.29, 1.82) is 0 Å². The third kappa shape index (κ3) is 5.33. The molecule has 0 atom stereocenters. The summed E-state index contributed by atoms with van der Waals surface area (Å²) in [6.07, 6.45) is 0. The number of halogens is 2. The molecule has 10 heteroatoms. The summed E-state index contributed by atoms with van der Waals surface area (Å²) >= 11 is 11.8. The fourth-order valence-electron chi connectivity index (χ4n) is 3.13. The summed E-state index contributed by atoms with van der Waals surface area (Å²) in [4.78, 5) is -0.180. The van der Waals surface area contributed by atoms with Crippen LogP contribution in [-0.2, 0) is 20.0 Å². The van der Waals surface area contributed by atoms with Crippen LogP contribution in [0.1, 0.15) is 16.7 Å². The highest BCUT2D eigenvalue weighted by atomic mass is 35.5. The van der Waals surface area contributed by atoms with Crippen molar-refractivity contribution < 1.29 is 16.8 Å². The Bertz CT molecular complexity index is 1330. The molecule has 0 spiro atoms. The minimum atomic E-state index is -4.01. The van der Waals surface area contributed by atoms with Gasteiger partial charge in [-0.15, -0.1) is 0 Å². The van der Waals surface area contributed by atoms with Crippen LogP contribution < -0.4 is 9.44 Å². The van der Waals surface area contributed by atoms with Crippen LogP contribution in [0.4, 0.5) is 11.4 Å². The average Bonchev–Trinajstić information content (AvgIpc) is 2.66. The molecule has 0 heterocycles. The zero-order chi connectivity index (χ0) is 23.0. The molecule has 0 aromatic heterocycles. The van der Waals surface area contributed by atoms with Crippen LogP contribution in [0.25, 0.3) is 0 Å². The van der Waals surface area contributed by atoms with E-state index in [-0.39, 0.29) is 25.5 Å². The first-order valence-electron chi connectivity index (χ1n) is 9.08. The molecule has 3 aromatic rings. The van der Waals surface area contributed by atoms with Crippen LogP contribution in [0, 0.1) is 20.8 Å². The predicted molar refractivity (Wildman–Crippen MR) is 125 cm³/mol. The Labute approximate surface area is 192 Å². The average molecular weight is 499 g/mol. The molecule has 164 valence electrons. The first kappa shape index (κ1) is 23.4. The van der Waals surface area contributed by atoms with Crippen LogP contribution in [-0.4, -0.2) is 16.8 Å². The van der Waals surface area contributed by atoms with Gasteiger partial charge in [0.2, 0.25) is 0 Å². The lowest BCUT2D eigenvalue weighted by Gasteiger charge is -2.15. The highest BCUT2D eigenvalue weighted by Gasteiger charge is 2.20. The zero-order valence-corrected chi connectivity index (χ0v) is 20.0. The lowest BCUT2D eigenvalue weighted by atomic mass is 10.1. The van der Waals surface area contributed by atoms with E-state index < -0.39 is 20.0 Å². The second-order valence-corrected chi connectivity index (χ2v) is 11.3. The molecule has 0 amide bonds. The summed E-state index contributed by atoms with van der Waals surface area (Å²) in [5, 5.41) is 0.239. The molecule has 0 saturated heterocycles. The molecule has 0 aliphatic rings. The second kappa shape index (κ2) is 8.70. The third-order valence-corrected chi connectivity index (χ3v) is 7.98. The number of anilines is 2. The first-order chi connectivity index (χ1) is 14.4. The molecule has 31 heavy (non-hydrogen) atoms. The summed E-state index contributed by atoms with van der Waals surface area (Å²) in [5.41, 5.74) is 3.35. The molecular formula is C21H20Cl2N2O4S2. The fraction of sp³-hybridized carbons (Fsp3) is 0.143. The van der Waals surface area contributed by atoms with Gasteiger partial charge in [0.1, 0.15) is 4.90 Å². The van der Waals surface area contributed by atoms with Gasteiger partial charge in [0.25, 0.3) is 20.0 Å². The van der Waals surface area contributed by atoms with E-state index in [1.165, 1.54) is 42.5 Å². The van der Waals surface area contributed by atoms with Gasteiger partial charge in [-0.3, -0.25) is 9.44 Å². The van der Waals surface area contributed by atoms with Crippen molar-refractivity contribution in [3.05, 3.63) is 81.3 Å². The fourth-order valence-corrected chi connectivity index (χ4v) is 6.15. The van der Waals surface area contributed by atoms with Gasteiger partial charge in [0.05, 0.1) is 15.6 Å². The maximum absolute atomic E-state index is 12.8. The van der Waals surface area contributed by atoms with Crippen molar-refractivity contribution in [3.63, 3.8) is 0 Å². The molecule has 2 N–H and O–H groups in total. The summed E-state index contributed by atoms with van der Waals surface area (Å²) < 4.78 is 55.8. The molecule has 0 bridgehead atoms. The Balaban J connectivity index is 1.85. The Hall–Kier alpha value is -2.26. The molecule has 0 radical (unpaired) electrons. The van der Waals surface area contributed by atoms with Crippen molar-refractivity contribution >= 4 is 54.6 Å². The highest BCUT2D eigenvalue weighted by Crippen LogP contribution is 2.28. The largest absolute Gasteiger partial charge is 0.280 e. The van der Waals surface area contributed by atoms with Gasteiger partial charge in [0.15, 0.2) is 0 Å². The highest BCUT2D eigenvalue weighted by molar-refractivity contribution is 7.93. The monoisotopic (exact) mass is 498 g/mol. The van der Waals surface area contributed by atoms with E-state index in [0.717, 1.165) is 16.7 Å². The number of nitrogens with one attached hydrogen (secondary N) is 2. The Kier molecular flexibility index (Phi) is 6.57. The molecule has 3 aromatic carbocycles. The number of aryl methyl sites for hydroxylation is 3. The minimum absolute atomic E-state index is 0.00406. The van der Waals surface area contributed by atoms with E-state index in [9.17, 15) is 16.8 Å². The minimum Gasteiger partial charge on any atom is -0.280 e. The molecule has 0 fully saturated rings. The summed E-state index contributed by atoms with van der Waals surface area (Å²) in [6, 6.07) is 13.2. The summed E-state index contributed by atoms with van der Waals surface area (Å²) in [5.74, 6) is 0. The van der Waals surface area contributed by atoms with Crippen LogP contribution in [0.15, 0.2) is 64.4 Å². The van der Waals surface area contributed by atoms with E-state index >= 15 is 0 Å². The molecule has 6 nitrogen and oxygen atoms in total. The Morgan fingerprint density at radius 3 is 1.87 bits per heavy atom. The summed E-state index contributed by atoms with van der Waals surface area (Å²) in [7, 11) is -7.87. The third-order valence-electron chi connectivity index (χ3n) is 4.51. The van der Waals surface area contributed by atoms with Crippen molar-refractivity contribution in [2.75, 3.05) is 9.44 Å². The molecule has 0 unspecified atom stereocenters. The second-order valence-electron chi connectivity index (χ2n) is 7.08. The zero-order valence-electron chi connectivity index (χ0n) is 16.9. The Morgan fingerprint density at radius 2 is 1.29 bits per heavy atom. The van der Waals surface area contributed by atoms with E-state index in [4.69, 9.17) is 23.2 Å². The maximum atomic E-state index is 12.8. The summed E-state index contributed by atoms with van der Waals surface area (Å²) in [6.45, 7) is 5.60. The van der Waals surface area contributed by atoms with Gasteiger partial charge in [0, 0.05) is 10.7 Å². The van der Waals surface area contributed by atoms with E-state index in [1.807, 2.05) is 32.9 Å². The van der Waals surface area contributed by atoms with E-state index in [2.05, 4.69) is 9.44 Å². The number of hydrogen-bond acceptors (Lipinski definition) is 4. The lowest BCUT2D eigenvalue weighted by molar-refractivity contribution is 0.600. The van der Waals surface area contributed by atoms with Gasteiger partial charge >= 0.3 is 0 Å². The lowest BCUT2D eigenvalue weighted by Crippen LogP contribution is -2.16. The topological polar surface area (TPSA) is 92.3 Å². The predicted octanol–water partition coefficient (Wildman–Crippen LogP) is 5.52. The normalized spacial score (nSPS) is 11.9. The molecular weight excluding hydrogens is 479 g/mol. The van der Waals surface area contributed by atoms with Crippen LogP contribution in [0.5, 0.6) is 0 Å². The smallest absolute Gasteiger partial charge is 0.263 e. The van der Waals surface area contributed by atoms with Crippen molar-refractivity contribution in [2.24, 2.45) is 0 Å². The standard InChI is InChI=1S/C21H20Cl2N2O4S2/c1-13-10-14(2)21(15(3)11-13)25-30(26,27)18-7-5-17(6-8-18)24-31(28,29)20-12-16(22)4-9-19(20)23/h4-12,24-25H,1-3H3. The van der Waals surface area contributed by atoms with Crippen molar-refractivity contribution in [2.45, 2.75) is 30.6 Å². The van der Waals surface area contributed by atoms with Gasteiger partial charge in [-0.25, -0.2) is 16.8 Å². The van der Waals surface area contributed by atoms with Crippen LogP contribution in [0.2, 0.25) is 10.0 Å². The number of benzene rings is 3. The number of hydrogen-bond donors (Lipinski definition) is 2. The van der Waals surface area contributed by atoms with Crippen molar-refractivity contribution in [1.82, 2.24) is 0 Å². The van der Waals surface area contributed by atoms with Gasteiger partial charge in [-0.2, -0.15) is 0 Å². The van der Waals surface area contributed by atoms with Crippen LogP contribution in [0.3, 0.4) is 0 Å². The van der Waals surface area contributed by atoms with Gasteiger partial charge in [-0.1, -0.05) is 40.9 Å². The van der Waals surface area contributed by atoms with Crippen molar-refractivity contribution in [3.8, 4) is 0 Å². The maximum Gasteiger partial charge on any atom is 0.263 e. The van der Waals surface area contributed by atoms with Gasteiger partial charge in [-0.05, 0) is 74.4 Å². The SMILES string of the molecule is Cc1cc(C)c(NS(=O)(=O)c2ccc(NS(=O)(=O)c3cc(Cl)ccc3Cl)cc2)c(C)c1. The molecule has 0 aliphatic carbocycles. The number of rotatable bonds is 6. The molecule has 0 saturated carbocycles. The Morgan fingerprint density at radius 1 is 0.710 bits per heavy atom. The molecule has 0 aliphatic heterocycles. The van der Waals surface area contributed by atoms with Crippen LogP contribution >= 0.6 is 23.2 Å². The van der Waals surface area contributed by atoms with E-state index in [1.54, 1.807) is 0 Å². The van der Waals surface area contributed by atoms with E-state index in [0.29, 0.717) is 5.69 Å². The van der Waals surface area contributed by atoms with Gasteiger partial charge < -0.3 is 0 Å².